The number of nitrogens with one attached hydrogen (secondary N) is 1. The average Bonchev–Trinajstić information content (AvgIpc) is 3.29. The summed E-state index contributed by atoms with van der Waals surface area (Å²) in [7, 11) is 0. The normalized spacial score (nSPS) is 14.5. The molecular formula is C25H30N4O2. The maximum atomic E-state index is 12.2. The molecule has 1 aliphatic heterocycles. The molecule has 0 bridgehead atoms. The molecule has 2 heterocycles. The van der Waals surface area contributed by atoms with Crippen molar-refractivity contribution in [3.63, 3.8) is 0 Å². The summed E-state index contributed by atoms with van der Waals surface area (Å²) < 4.78 is 5.69. The molecule has 1 amide bonds. The summed E-state index contributed by atoms with van der Waals surface area (Å²) in [6.07, 6.45) is 5.69. The summed E-state index contributed by atoms with van der Waals surface area (Å²) in [6.45, 7) is 3.99. The van der Waals surface area contributed by atoms with Crippen LogP contribution in [0, 0.1) is 0 Å². The van der Waals surface area contributed by atoms with Gasteiger partial charge in [0, 0.05) is 31.5 Å². The summed E-state index contributed by atoms with van der Waals surface area (Å²) in [5, 5.41) is 11.2. The van der Waals surface area contributed by atoms with E-state index in [0.29, 0.717) is 37.6 Å². The number of likely N-dealkylation sites (tertiary alicyclic amines) is 1. The zero-order chi connectivity index (χ0) is 21.3. The number of hydrogen-bond acceptors (Lipinski definition) is 5. The molecule has 0 saturated carbocycles. The van der Waals surface area contributed by atoms with Gasteiger partial charge in [-0.2, -0.15) is 0 Å². The van der Waals surface area contributed by atoms with Crippen LogP contribution in [0.15, 0.2) is 59.0 Å². The van der Waals surface area contributed by atoms with Crippen molar-refractivity contribution in [1.82, 2.24) is 20.4 Å². The van der Waals surface area contributed by atoms with Crippen LogP contribution in [0.5, 0.6) is 0 Å². The number of piperidine rings is 1. The number of carbonyl (C=O) groups excluding carboxylic acids is 1. The number of amides is 1. The highest BCUT2D eigenvalue weighted by Gasteiger charge is 2.11. The van der Waals surface area contributed by atoms with Gasteiger partial charge in [-0.3, -0.25) is 9.69 Å². The predicted octanol–water partition coefficient (Wildman–Crippen LogP) is 4.36. The van der Waals surface area contributed by atoms with Crippen LogP contribution >= 0.6 is 0 Å². The van der Waals surface area contributed by atoms with Gasteiger partial charge >= 0.3 is 0 Å². The predicted molar refractivity (Wildman–Crippen MR) is 120 cm³/mol. The van der Waals surface area contributed by atoms with Crippen LogP contribution < -0.4 is 5.32 Å². The highest BCUT2D eigenvalue weighted by Crippen LogP contribution is 2.18. The van der Waals surface area contributed by atoms with E-state index in [4.69, 9.17) is 4.42 Å². The topological polar surface area (TPSA) is 71.3 Å². The Morgan fingerprint density at radius 1 is 0.935 bits per heavy atom. The number of hydrogen-bond donors (Lipinski definition) is 1. The van der Waals surface area contributed by atoms with E-state index in [0.717, 1.165) is 17.7 Å². The van der Waals surface area contributed by atoms with E-state index in [2.05, 4.69) is 44.7 Å². The molecular weight excluding hydrogens is 388 g/mol. The van der Waals surface area contributed by atoms with E-state index in [-0.39, 0.29) is 5.91 Å². The Morgan fingerprint density at radius 3 is 2.45 bits per heavy atom. The third-order valence-electron chi connectivity index (χ3n) is 5.65. The van der Waals surface area contributed by atoms with Gasteiger partial charge in [0.25, 0.3) is 0 Å². The lowest BCUT2D eigenvalue weighted by molar-refractivity contribution is -0.121. The Bertz CT molecular complexity index is 947. The van der Waals surface area contributed by atoms with Crippen molar-refractivity contribution in [2.24, 2.45) is 0 Å². The molecule has 0 aliphatic carbocycles. The van der Waals surface area contributed by atoms with Crippen LogP contribution in [0.2, 0.25) is 0 Å². The monoisotopic (exact) mass is 418 g/mol. The van der Waals surface area contributed by atoms with Crippen molar-refractivity contribution >= 4 is 5.91 Å². The van der Waals surface area contributed by atoms with Gasteiger partial charge in [0.05, 0.1) is 0 Å². The Labute approximate surface area is 183 Å². The first-order chi connectivity index (χ1) is 15.3. The molecule has 31 heavy (non-hydrogen) atoms. The Morgan fingerprint density at radius 2 is 1.68 bits per heavy atom. The molecule has 4 rings (SSSR count). The number of nitrogens with zero attached hydrogens (tertiary/aromatic N) is 3. The van der Waals surface area contributed by atoms with Crippen LogP contribution in [-0.4, -0.2) is 34.1 Å². The van der Waals surface area contributed by atoms with E-state index in [1.807, 2.05) is 30.3 Å². The second-order valence-electron chi connectivity index (χ2n) is 8.15. The Kier molecular flexibility index (Phi) is 7.45. The zero-order valence-corrected chi connectivity index (χ0v) is 17.9. The van der Waals surface area contributed by atoms with E-state index in [1.54, 1.807) is 0 Å². The van der Waals surface area contributed by atoms with Crippen LogP contribution in [-0.2, 0) is 24.3 Å². The molecule has 0 atom stereocenters. The van der Waals surface area contributed by atoms with Crippen molar-refractivity contribution in [2.75, 3.05) is 13.1 Å². The summed E-state index contributed by atoms with van der Waals surface area (Å²) in [4.78, 5) is 14.7. The lowest BCUT2D eigenvalue weighted by atomic mass is 10.1. The molecule has 2 aromatic carbocycles. The zero-order valence-electron chi connectivity index (χ0n) is 17.9. The highest BCUT2D eigenvalue weighted by atomic mass is 16.4. The van der Waals surface area contributed by atoms with Gasteiger partial charge in [-0.1, -0.05) is 48.9 Å². The number of benzene rings is 2. The first kappa shape index (κ1) is 21.2. The molecule has 162 valence electrons. The van der Waals surface area contributed by atoms with Crippen molar-refractivity contribution in [3.05, 3.63) is 71.6 Å². The molecule has 1 saturated heterocycles. The number of aryl methyl sites for hydroxylation is 1. The van der Waals surface area contributed by atoms with Crippen molar-refractivity contribution in [3.8, 4) is 11.5 Å². The molecule has 1 N–H and O–H groups in total. The fourth-order valence-corrected chi connectivity index (χ4v) is 3.88. The van der Waals surface area contributed by atoms with E-state index in [1.165, 1.54) is 37.9 Å². The smallest absolute Gasteiger partial charge is 0.247 e. The number of aromatic nitrogens is 2. The fourth-order valence-electron chi connectivity index (χ4n) is 3.88. The average molecular weight is 419 g/mol. The van der Waals surface area contributed by atoms with Gasteiger partial charge in [-0.05, 0) is 55.6 Å². The van der Waals surface area contributed by atoms with Gasteiger partial charge in [0.2, 0.25) is 17.7 Å². The van der Waals surface area contributed by atoms with E-state index >= 15 is 0 Å². The van der Waals surface area contributed by atoms with Gasteiger partial charge < -0.3 is 9.73 Å². The first-order valence-corrected chi connectivity index (χ1v) is 11.2. The summed E-state index contributed by atoms with van der Waals surface area (Å²) in [5.74, 6) is 1.12. The minimum Gasteiger partial charge on any atom is -0.421 e. The minimum absolute atomic E-state index is 0.0418. The van der Waals surface area contributed by atoms with Crippen molar-refractivity contribution in [2.45, 2.75) is 51.6 Å². The maximum Gasteiger partial charge on any atom is 0.247 e. The third kappa shape index (κ3) is 6.49. The fraction of sp³-hybridized carbons (Fsp3) is 0.400. The van der Waals surface area contributed by atoms with Crippen molar-refractivity contribution in [1.29, 1.82) is 0 Å². The Hall–Kier alpha value is -2.99. The lowest BCUT2D eigenvalue weighted by Gasteiger charge is -2.26. The van der Waals surface area contributed by atoms with Crippen LogP contribution in [0.4, 0.5) is 0 Å². The lowest BCUT2D eigenvalue weighted by Crippen LogP contribution is -2.29. The van der Waals surface area contributed by atoms with Gasteiger partial charge in [-0.25, -0.2) is 0 Å². The number of rotatable bonds is 9. The summed E-state index contributed by atoms with van der Waals surface area (Å²) in [6, 6.07) is 18.3. The highest BCUT2D eigenvalue weighted by molar-refractivity contribution is 5.75. The van der Waals surface area contributed by atoms with Crippen LogP contribution in [0.3, 0.4) is 0 Å². The molecule has 0 spiro atoms. The largest absolute Gasteiger partial charge is 0.421 e. The SMILES string of the molecule is O=C(CCCc1nnc(-c2ccccc2)o1)NCc1ccc(CN2CCCCC2)cc1. The van der Waals surface area contributed by atoms with Gasteiger partial charge in [0.1, 0.15) is 0 Å². The summed E-state index contributed by atoms with van der Waals surface area (Å²) in [5.41, 5.74) is 3.37. The molecule has 6 nitrogen and oxygen atoms in total. The van der Waals surface area contributed by atoms with Gasteiger partial charge in [0.15, 0.2) is 0 Å². The molecule has 3 aromatic rings. The molecule has 1 aliphatic rings. The van der Waals surface area contributed by atoms with Crippen molar-refractivity contribution < 1.29 is 9.21 Å². The van der Waals surface area contributed by atoms with Crippen LogP contribution in [0.25, 0.3) is 11.5 Å². The quantitative estimate of drug-likeness (QED) is 0.559. The number of carbonyl (C=O) groups is 1. The molecule has 0 radical (unpaired) electrons. The third-order valence-corrected chi connectivity index (χ3v) is 5.65. The van der Waals surface area contributed by atoms with Crippen LogP contribution in [0.1, 0.15) is 49.1 Å². The molecule has 6 heteroatoms. The van der Waals surface area contributed by atoms with E-state index < -0.39 is 0 Å². The van der Waals surface area contributed by atoms with Gasteiger partial charge in [-0.15, -0.1) is 10.2 Å². The maximum absolute atomic E-state index is 12.2. The second-order valence-corrected chi connectivity index (χ2v) is 8.15. The molecule has 1 fully saturated rings. The summed E-state index contributed by atoms with van der Waals surface area (Å²) >= 11 is 0. The first-order valence-electron chi connectivity index (χ1n) is 11.2. The standard InChI is InChI=1S/C25H30N4O2/c30-23(10-7-11-24-27-28-25(31-24)22-8-3-1-4-9-22)26-18-20-12-14-21(15-13-20)19-29-16-5-2-6-17-29/h1,3-4,8-9,12-15H,2,5-7,10-11,16-19H2,(H,26,30). The van der Waals surface area contributed by atoms with E-state index in [9.17, 15) is 4.79 Å². The second kappa shape index (κ2) is 10.9. The molecule has 1 aromatic heterocycles. The molecule has 0 unspecified atom stereocenters. The minimum atomic E-state index is 0.0418. The Balaban J connectivity index is 1.15.